The van der Waals surface area contributed by atoms with E-state index in [0.29, 0.717) is 51.7 Å². The van der Waals surface area contributed by atoms with E-state index in [4.69, 9.17) is 11.6 Å². The lowest BCUT2D eigenvalue weighted by molar-refractivity contribution is -0.149. The fraction of sp³-hybridized carbons (Fsp3) is 0.200. The van der Waals surface area contributed by atoms with Gasteiger partial charge in [-0.1, -0.05) is 41.9 Å². The van der Waals surface area contributed by atoms with Crippen LogP contribution in [0, 0.1) is 18.6 Å². The summed E-state index contributed by atoms with van der Waals surface area (Å²) in [6.45, 7) is 2.53. The molecule has 4 aromatic rings. The van der Waals surface area contributed by atoms with E-state index in [9.17, 15) is 41.4 Å². The second kappa shape index (κ2) is 12.3. The number of alkyl halides is 3. The maximum absolute atomic E-state index is 14.8. The average Bonchev–Trinajstić information content (AvgIpc) is 2.92. The summed E-state index contributed by atoms with van der Waals surface area (Å²) >= 11 is 6.46. The van der Waals surface area contributed by atoms with Crippen molar-refractivity contribution in [3.05, 3.63) is 99.7 Å². The monoisotopic (exact) mass is 619 g/mol. The summed E-state index contributed by atoms with van der Waals surface area (Å²) in [6.07, 6.45) is -3.55. The molecule has 0 saturated carbocycles. The Balaban J connectivity index is 1.60. The van der Waals surface area contributed by atoms with Gasteiger partial charge >= 0.3 is 12.1 Å². The number of aliphatic carboxylic acids is 1. The molecular formula is C30H23ClF5N3O4. The Bertz CT molecular complexity index is 1720. The molecule has 0 aliphatic rings. The molecule has 3 aromatic carbocycles. The highest BCUT2D eigenvalue weighted by Gasteiger charge is 2.37. The molecule has 0 aliphatic heterocycles. The molecule has 3 N–H and O–H groups in total. The van der Waals surface area contributed by atoms with E-state index < -0.39 is 58.8 Å². The number of hydrogen-bond acceptors (Lipinski definition) is 4. The van der Waals surface area contributed by atoms with Crippen LogP contribution in [0.15, 0.2) is 60.8 Å². The summed E-state index contributed by atoms with van der Waals surface area (Å²) in [7, 11) is 0. The number of pyridine rings is 1. The van der Waals surface area contributed by atoms with Gasteiger partial charge in [-0.25, -0.2) is 13.6 Å². The van der Waals surface area contributed by atoms with Gasteiger partial charge in [0.1, 0.15) is 29.3 Å². The Kier molecular flexibility index (Phi) is 9.00. The number of nitrogens with one attached hydrogen (secondary N) is 2. The molecule has 0 unspecified atom stereocenters. The van der Waals surface area contributed by atoms with Crippen molar-refractivity contribution < 1.29 is 41.4 Å². The number of nitrogens with zero attached hydrogens (tertiary/aromatic N) is 1. The van der Waals surface area contributed by atoms with Crippen molar-refractivity contribution >= 4 is 40.3 Å². The number of aromatic nitrogens is 1. The van der Waals surface area contributed by atoms with Crippen LogP contribution in [0.1, 0.15) is 38.8 Å². The summed E-state index contributed by atoms with van der Waals surface area (Å²) in [5.74, 6) is -7.51. The summed E-state index contributed by atoms with van der Waals surface area (Å²) in [4.78, 5) is 41.4. The van der Waals surface area contributed by atoms with Gasteiger partial charge in [-0.2, -0.15) is 13.2 Å². The van der Waals surface area contributed by atoms with Gasteiger partial charge < -0.3 is 15.7 Å². The summed E-state index contributed by atoms with van der Waals surface area (Å²) in [5, 5.41) is 14.5. The fourth-order valence-corrected chi connectivity index (χ4v) is 4.74. The maximum Gasteiger partial charge on any atom is 0.408 e. The molecule has 0 radical (unpaired) electrons. The van der Waals surface area contributed by atoms with Crippen molar-refractivity contribution in [2.45, 2.75) is 38.5 Å². The standard InChI is InChI=1S/C30H23ClF5N3O4/c1-14-5-7-19(21(31)10-14)20-8-6-16(18-4-3-9-37-26(18)20)13-24(29(42)43)39-28(41)25-22(32)11-17(12-23(25)33)27(40)38-15(2)30(34,35)36/h3-12,15,24H,13H2,1-2H3,(H,38,40)(H,39,41)(H,42,43)/t15-,24-/m0/s1. The predicted octanol–water partition coefficient (Wildman–Crippen LogP) is 6.25. The van der Waals surface area contributed by atoms with Crippen molar-refractivity contribution in [2.24, 2.45) is 0 Å². The van der Waals surface area contributed by atoms with Crippen LogP contribution in [-0.2, 0) is 11.2 Å². The van der Waals surface area contributed by atoms with Crippen molar-refractivity contribution in [1.29, 1.82) is 0 Å². The molecule has 0 spiro atoms. The van der Waals surface area contributed by atoms with Crippen LogP contribution < -0.4 is 10.6 Å². The average molecular weight is 620 g/mol. The van der Waals surface area contributed by atoms with Crippen LogP contribution in [0.3, 0.4) is 0 Å². The fourth-order valence-electron chi connectivity index (χ4n) is 4.40. The number of carbonyl (C=O) groups is 3. The molecule has 224 valence electrons. The smallest absolute Gasteiger partial charge is 0.408 e. The second-order valence-corrected chi connectivity index (χ2v) is 10.2. The molecular weight excluding hydrogens is 597 g/mol. The molecule has 0 aliphatic carbocycles. The van der Waals surface area contributed by atoms with Gasteiger partial charge in [-0.05, 0) is 49.2 Å². The zero-order chi connectivity index (χ0) is 31.6. The van der Waals surface area contributed by atoms with Gasteiger partial charge in [-0.15, -0.1) is 0 Å². The molecule has 0 fully saturated rings. The third-order valence-electron chi connectivity index (χ3n) is 6.67. The van der Waals surface area contributed by atoms with Gasteiger partial charge in [0.2, 0.25) is 0 Å². The van der Waals surface area contributed by atoms with E-state index in [1.807, 2.05) is 19.1 Å². The molecule has 1 aromatic heterocycles. The molecule has 1 heterocycles. The zero-order valence-electron chi connectivity index (χ0n) is 22.5. The number of carboxylic acids is 1. The van der Waals surface area contributed by atoms with Gasteiger partial charge in [0, 0.05) is 39.7 Å². The van der Waals surface area contributed by atoms with Gasteiger partial charge in [0.05, 0.1) is 5.52 Å². The van der Waals surface area contributed by atoms with Crippen LogP contribution in [0.5, 0.6) is 0 Å². The Hall–Kier alpha value is -4.58. The minimum absolute atomic E-state index is 0.301. The minimum Gasteiger partial charge on any atom is -0.480 e. The van der Waals surface area contributed by atoms with E-state index in [-0.39, 0.29) is 6.42 Å². The van der Waals surface area contributed by atoms with Gasteiger partial charge in [0.15, 0.2) is 0 Å². The number of hydrogen-bond donors (Lipinski definition) is 3. The highest BCUT2D eigenvalue weighted by Crippen LogP contribution is 2.35. The van der Waals surface area contributed by atoms with E-state index >= 15 is 0 Å². The Labute approximate surface area is 246 Å². The molecule has 0 saturated heterocycles. The quantitative estimate of drug-likeness (QED) is 0.202. The summed E-state index contributed by atoms with van der Waals surface area (Å²) in [6, 6.07) is 8.98. The molecule has 2 atom stereocenters. The number of aryl methyl sites for hydroxylation is 1. The molecule has 2 amide bonds. The normalized spacial score (nSPS) is 12.9. The van der Waals surface area contributed by atoms with Crippen LogP contribution in [-0.4, -0.2) is 46.1 Å². The van der Waals surface area contributed by atoms with Crippen LogP contribution in [0.4, 0.5) is 22.0 Å². The molecule has 4 rings (SSSR count). The topological polar surface area (TPSA) is 108 Å². The highest BCUT2D eigenvalue weighted by atomic mass is 35.5. The van der Waals surface area contributed by atoms with E-state index in [0.717, 1.165) is 5.56 Å². The molecule has 7 nitrogen and oxygen atoms in total. The van der Waals surface area contributed by atoms with Crippen LogP contribution in [0.25, 0.3) is 22.0 Å². The molecule has 43 heavy (non-hydrogen) atoms. The number of amides is 2. The van der Waals surface area contributed by atoms with E-state index in [1.165, 1.54) is 0 Å². The third-order valence-corrected chi connectivity index (χ3v) is 6.98. The number of benzene rings is 3. The lowest BCUT2D eigenvalue weighted by Crippen LogP contribution is -2.43. The van der Waals surface area contributed by atoms with E-state index in [2.05, 4.69) is 10.3 Å². The van der Waals surface area contributed by atoms with Gasteiger partial charge in [0.25, 0.3) is 11.8 Å². The number of halogens is 6. The van der Waals surface area contributed by atoms with Crippen LogP contribution in [0.2, 0.25) is 5.02 Å². The minimum atomic E-state index is -4.80. The van der Waals surface area contributed by atoms with Crippen molar-refractivity contribution in [3.8, 4) is 11.1 Å². The first-order chi connectivity index (χ1) is 20.2. The largest absolute Gasteiger partial charge is 0.480 e. The van der Waals surface area contributed by atoms with Crippen LogP contribution >= 0.6 is 11.6 Å². The number of carboxylic acid groups (broad SMARTS) is 1. The predicted molar refractivity (Wildman–Crippen MR) is 149 cm³/mol. The zero-order valence-corrected chi connectivity index (χ0v) is 23.3. The maximum atomic E-state index is 14.8. The lowest BCUT2D eigenvalue weighted by Gasteiger charge is -2.18. The highest BCUT2D eigenvalue weighted by molar-refractivity contribution is 6.33. The first kappa shape index (κ1) is 31.4. The van der Waals surface area contributed by atoms with Crippen molar-refractivity contribution in [2.75, 3.05) is 0 Å². The Morgan fingerprint density at radius 3 is 2.21 bits per heavy atom. The number of fused-ring (bicyclic) bond motifs is 1. The summed E-state index contributed by atoms with van der Waals surface area (Å²) in [5.41, 5.74) is 1.28. The van der Waals surface area contributed by atoms with E-state index in [1.54, 1.807) is 41.8 Å². The number of carbonyl (C=O) groups excluding carboxylic acids is 2. The number of rotatable bonds is 8. The van der Waals surface area contributed by atoms with Gasteiger partial charge in [-0.3, -0.25) is 14.6 Å². The molecule has 13 heteroatoms. The molecule has 0 bridgehead atoms. The SMILES string of the molecule is Cc1ccc(-c2ccc(C[C@H](NC(=O)c3c(F)cc(C(=O)N[C@@H](C)C(F)(F)F)cc3F)C(=O)O)c3cccnc23)c(Cl)c1. The van der Waals surface area contributed by atoms with Crippen molar-refractivity contribution in [1.82, 2.24) is 15.6 Å². The third kappa shape index (κ3) is 6.91. The Morgan fingerprint density at radius 1 is 0.953 bits per heavy atom. The lowest BCUT2D eigenvalue weighted by atomic mass is 9.94. The summed E-state index contributed by atoms with van der Waals surface area (Å²) < 4.78 is 67.8. The first-order valence-corrected chi connectivity index (χ1v) is 13.1. The Morgan fingerprint density at radius 2 is 1.60 bits per heavy atom. The first-order valence-electron chi connectivity index (χ1n) is 12.7. The second-order valence-electron chi connectivity index (χ2n) is 9.78. The van der Waals surface area contributed by atoms with Crippen molar-refractivity contribution in [3.63, 3.8) is 0 Å².